The van der Waals surface area contributed by atoms with Crippen LogP contribution < -0.4 is 0 Å². The zero-order valence-corrected chi connectivity index (χ0v) is 14.1. The van der Waals surface area contributed by atoms with Crippen LogP contribution in [0.4, 0.5) is 0 Å². The van der Waals surface area contributed by atoms with E-state index < -0.39 is 0 Å². The molecule has 0 aliphatic carbocycles. The minimum atomic E-state index is 0.507. The van der Waals surface area contributed by atoms with Crippen LogP contribution in [0.3, 0.4) is 0 Å². The van der Waals surface area contributed by atoms with Gasteiger partial charge in [-0.2, -0.15) is 0 Å². The van der Waals surface area contributed by atoms with Gasteiger partial charge in [0, 0.05) is 10.6 Å². The Morgan fingerprint density at radius 1 is 0.680 bits per heavy atom. The molecule has 3 aromatic carbocycles. The molecule has 0 unspecified atom stereocenters. The summed E-state index contributed by atoms with van der Waals surface area (Å²) in [6.07, 6.45) is 0.607. The first-order valence-electron chi connectivity index (χ1n) is 8.00. The normalized spacial score (nSPS) is 10.8. The summed E-state index contributed by atoms with van der Waals surface area (Å²) in [6, 6.07) is 26.1. The molecule has 0 aliphatic rings. The van der Waals surface area contributed by atoms with Gasteiger partial charge < -0.3 is 4.42 Å². The molecular weight excluding hydrogens is 332 g/mol. The summed E-state index contributed by atoms with van der Waals surface area (Å²) >= 11 is 5.90. The lowest BCUT2D eigenvalue weighted by atomic mass is 10.0. The number of aromatic nitrogens is 2. The van der Waals surface area contributed by atoms with Gasteiger partial charge in [0.25, 0.3) is 0 Å². The van der Waals surface area contributed by atoms with Crippen molar-refractivity contribution in [2.75, 3.05) is 0 Å². The monoisotopic (exact) mass is 346 g/mol. The Labute approximate surface area is 150 Å². The van der Waals surface area contributed by atoms with Gasteiger partial charge in [0.1, 0.15) is 0 Å². The van der Waals surface area contributed by atoms with E-state index in [-0.39, 0.29) is 0 Å². The smallest absolute Gasteiger partial charge is 0.247 e. The van der Waals surface area contributed by atoms with Crippen molar-refractivity contribution in [3.05, 3.63) is 95.3 Å². The molecule has 0 fully saturated rings. The molecule has 1 aromatic heterocycles. The number of benzene rings is 3. The molecule has 0 saturated heterocycles. The van der Waals surface area contributed by atoms with E-state index in [0.717, 1.165) is 11.1 Å². The lowest BCUT2D eigenvalue weighted by molar-refractivity contribution is 0.518. The largest absolute Gasteiger partial charge is 0.420 e. The van der Waals surface area contributed by atoms with Crippen molar-refractivity contribution in [3.63, 3.8) is 0 Å². The summed E-state index contributed by atoms with van der Waals surface area (Å²) in [5.41, 5.74) is 4.39. The Hall–Kier alpha value is -2.91. The van der Waals surface area contributed by atoms with Crippen molar-refractivity contribution in [1.82, 2.24) is 10.2 Å². The minimum Gasteiger partial charge on any atom is -0.420 e. The van der Waals surface area contributed by atoms with Crippen molar-refractivity contribution < 1.29 is 4.42 Å². The predicted molar refractivity (Wildman–Crippen MR) is 99.4 cm³/mol. The van der Waals surface area contributed by atoms with E-state index in [0.29, 0.717) is 23.2 Å². The topological polar surface area (TPSA) is 38.9 Å². The first kappa shape index (κ1) is 15.6. The van der Waals surface area contributed by atoms with Crippen molar-refractivity contribution in [1.29, 1.82) is 0 Å². The fraction of sp³-hybridized carbons (Fsp3) is 0.0476. The molecule has 122 valence electrons. The molecule has 0 atom stereocenters. The van der Waals surface area contributed by atoms with Gasteiger partial charge in [0.15, 0.2) is 0 Å². The second-order valence-corrected chi connectivity index (χ2v) is 6.18. The first-order chi connectivity index (χ1) is 12.3. The maximum Gasteiger partial charge on any atom is 0.247 e. The zero-order valence-electron chi connectivity index (χ0n) is 13.4. The SMILES string of the molecule is Clc1ccc(-c2nnc(Cc3ccc(-c4ccccc4)cc3)o2)cc1. The van der Waals surface area contributed by atoms with Gasteiger partial charge in [-0.1, -0.05) is 66.2 Å². The van der Waals surface area contributed by atoms with E-state index >= 15 is 0 Å². The molecule has 0 aliphatic heterocycles. The highest BCUT2D eigenvalue weighted by Gasteiger charge is 2.09. The van der Waals surface area contributed by atoms with E-state index in [1.165, 1.54) is 11.1 Å². The van der Waals surface area contributed by atoms with Crippen LogP contribution >= 0.6 is 11.6 Å². The second-order valence-electron chi connectivity index (χ2n) is 5.75. The third kappa shape index (κ3) is 3.62. The molecule has 0 bridgehead atoms. The highest BCUT2D eigenvalue weighted by Crippen LogP contribution is 2.23. The molecule has 0 radical (unpaired) electrons. The van der Waals surface area contributed by atoms with Crippen molar-refractivity contribution in [2.45, 2.75) is 6.42 Å². The predicted octanol–water partition coefficient (Wildman–Crippen LogP) is 5.65. The average molecular weight is 347 g/mol. The Morgan fingerprint density at radius 3 is 2.04 bits per heavy atom. The van der Waals surface area contributed by atoms with Crippen molar-refractivity contribution in [2.24, 2.45) is 0 Å². The van der Waals surface area contributed by atoms with Crippen LogP contribution in [0.25, 0.3) is 22.6 Å². The molecule has 1 heterocycles. The first-order valence-corrected chi connectivity index (χ1v) is 8.38. The van der Waals surface area contributed by atoms with Gasteiger partial charge >= 0.3 is 0 Å². The van der Waals surface area contributed by atoms with E-state index in [9.17, 15) is 0 Å². The van der Waals surface area contributed by atoms with Gasteiger partial charge in [-0.3, -0.25) is 0 Å². The Balaban J connectivity index is 1.50. The summed E-state index contributed by atoms with van der Waals surface area (Å²) < 4.78 is 5.76. The maximum atomic E-state index is 5.90. The molecule has 0 saturated carbocycles. The lowest BCUT2D eigenvalue weighted by Gasteiger charge is -2.03. The van der Waals surface area contributed by atoms with Crippen LogP contribution in [0.2, 0.25) is 5.02 Å². The van der Waals surface area contributed by atoms with Gasteiger partial charge in [0.2, 0.25) is 11.8 Å². The highest BCUT2D eigenvalue weighted by atomic mass is 35.5. The van der Waals surface area contributed by atoms with Crippen LogP contribution in [0.5, 0.6) is 0 Å². The molecule has 0 N–H and O–H groups in total. The van der Waals surface area contributed by atoms with Gasteiger partial charge in [-0.15, -0.1) is 10.2 Å². The molecular formula is C21H15ClN2O. The average Bonchev–Trinajstić information content (AvgIpc) is 3.12. The Bertz CT molecular complexity index is 961. The third-order valence-corrected chi connectivity index (χ3v) is 4.23. The van der Waals surface area contributed by atoms with Crippen LogP contribution in [0, 0.1) is 0 Å². The van der Waals surface area contributed by atoms with E-state index in [1.54, 1.807) is 0 Å². The Morgan fingerprint density at radius 2 is 1.32 bits per heavy atom. The number of nitrogens with zero attached hydrogens (tertiary/aromatic N) is 2. The number of hydrogen-bond donors (Lipinski definition) is 0. The summed E-state index contributed by atoms with van der Waals surface area (Å²) in [5.74, 6) is 1.10. The standard InChI is InChI=1S/C21H15ClN2O/c22-19-12-10-18(11-13-19)21-24-23-20(25-21)14-15-6-8-17(9-7-15)16-4-2-1-3-5-16/h1-13H,14H2. The van der Waals surface area contributed by atoms with Crippen LogP contribution in [0.15, 0.2) is 83.3 Å². The molecule has 25 heavy (non-hydrogen) atoms. The minimum absolute atomic E-state index is 0.507. The van der Waals surface area contributed by atoms with E-state index in [2.05, 4.69) is 46.6 Å². The van der Waals surface area contributed by atoms with Crippen LogP contribution in [-0.4, -0.2) is 10.2 Å². The fourth-order valence-electron chi connectivity index (χ4n) is 2.65. The molecule has 3 nitrogen and oxygen atoms in total. The maximum absolute atomic E-state index is 5.90. The lowest BCUT2D eigenvalue weighted by Crippen LogP contribution is -1.88. The molecule has 0 spiro atoms. The van der Waals surface area contributed by atoms with E-state index in [1.807, 2.05) is 42.5 Å². The van der Waals surface area contributed by atoms with Gasteiger partial charge in [-0.25, -0.2) is 0 Å². The summed E-state index contributed by atoms with van der Waals surface area (Å²) in [7, 11) is 0. The molecule has 4 rings (SSSR count). The number of hydrogen-bond acceptors (Lipinski definition) is 3. The van der Waals surface area contributed by atoms with Gasteiger partial charge in [0.05, 0.1) is 6.42 Å². The molecule has 0 amide bonds. The number of rotatable bonds is 4. The van der Waals surface area contributed by atoms with E-state index in [4.69, 9.17) is 16.0 Å². The van der Waals surface area contributed by atoms with Crippen molar-refractivity contribution >= 4 is 11.6 Å². The van der Waals surface area contributed by atoms with Gasteiger partial charge in [-0.05, 0) is 41.0 Å². The fourth-order valence-corrected chi connectivity index (χ4v) is 2.78. The molecule has 4 heteroatoms. The van der Waals surface area contributed by atoms with Crippen LogP contribution in [-0.2, 0) is 6.42 Å². The van der Waals surface area contributed by atoms with Crippen LogP contribution in [0.1, 0.15) is 11.5 Å². The number of halogens is 1. The summed E-state index contributed by atoms with van der Waals surface area (Å²) in [4.78, 5) is 0. The molecule has 4 aromatic rings. The summed E-state index contributed by atoms with van der Waals surface area (Å²) in [5, 5.41) is 8.94. The quantitative estimate of drug-likeness (QED) is 0.479. The highest BCUT2D eigenvalue weighted by molar-refractivity contribution is 6.30. The second kappa shape index (κ2) is 6.91. The van der Waals surface area contributed by atoms with Crippen molar-refractivity contribution in [3.8, 4) is 22.6 Å². The Kier molecular flexibility index (Phi) is 4.32. The zero-order chi connectivity index (χ0) is 17.1. The third-order valence-electron chi connectivity index (χ3n) is 3.97. The summed E-state index contributed by atoms with van der Waals surface area (Å²) in [6.45, 7) is 0.